The summed E-state index contributed by atoms with van der Waals surface area (Å²) in [5, 5.41) is -2.00. The Morgan fingerprint density at radius 2 is 0.620 bits per heavy atom. The lowest BCUT2D eigenvalue weighted by molar-refractivity contribution is 0.133. The van der Waals surface area contributed by atoms with Gasteiger partial charge in [-0.15, -0.1) is 0 Å². The second kappa shape index (κ2) is 22.8. The summed E-state index contributed by atoms with van der Waals surface area (Å²) in [6.07, 6.45) is 2.01. The molecule has 7 aromatic rings. The Balaban J connectivity index is 1.03. The number of ether oxygens (including phenoxy) is 2. The Kier molecular flexibility index (Phi) is 16.8. The van der Waals surface area contributed by atoms with Crippen molar-refractivity contribution >= 4 is 23.9 Å². The van der Waals surface area contributed by atoms with E-state index < -0.39 is 34.6 Å². The Morgan fingerprint density at radius 1 is 0.366 bits per heavy atom. The molecule has 13 heteroatoms. The third-order valence-electron chi connectivity index (χ3n) is 12.8. The van der Waals surface area contributed by atoms with Crippen molar-refractivity contribution in [3.63, 3.8) is 0 Å². The molecule has 0 radical (unpaired) electrons. The van der Waals surface area contributed by atoms with Crippen LogP contribution in [0.4, 0.5) is 0 Å². The van der Waals surface area contributed by atoms with Crippen LogP contribution in [0, 0.1) is 41.5 Å². The number of hydrogen-bond acceptors (Lipinski definition) is 10. The van der Waals surface area contributed by atoms with E-state index in [2.05, 4.69) is 0 Å². The maximum absolute atomic E-state index is 14.7. The predicted molar refractivity (Wildman–Crippen MR) is 285 cm³/mol. The highest BCUT2D eigenvalue weighted by molar-refractivity contribution is 7.49. The minimum absolute atomic E-state index is 0.271. The molecule has 368 valence electrons. The summed E-state index contributed by atoms with van der Waals surface area (Å²) in [5.41, 5.74) is 8.91. The van der Waals surface area contributed by atoms with Crippen molar-refractivity contribution in [1.29, 1.82) is 0 Å². The highest BCUT2D eigenvalue weighted by atomic mass is 31.2. The molecule has 0 aliphatic heterocycles. The molecule has 0 aliphatic rings. The van der Waals surface area contributed by atoms with E-state index in [0.29, 0.717) is 42.9 Å². The lowest BCUT2D eigenvalue weighted by Gasteiger charge is -2.23. The first-order chi connectivity index (χ1) is 34.0. The van der Waals surface area contributed by atoms with Crippen LogP contribution in [0.5, 0.6) is 40.2 Å². The second-order valence-electron chi connectivity index (χ2n) is 17.7. The molecule has 0 heterocycles. The van der Waals surface area contributed by atoms with Crippen molar-refractivity contribution < 1.29 is 45.8 Å². The van der Waals surface area contributed by atoms with Crippen molar-refractivity contribution in [3.8, 4) is 62.5 Å². The van der Waals surface area contributed by atoms with E-state index in [4.69, 9.17) is 32.1 Å². The first kappa shape index (κ1) is 52.4. The normalized spacial score (nSPS) is 12.8. The van der Waals surface area contributed by atoms with Gasteiger partial charge in [0.25, 0.3) is 0 Å². The van der Waals surface area contributed by atoms with Gasteiger partial charge in [-0.05, 0) is 155 Å². The number of phosphoric ester groups is 1. The molecule has 10 nitrogen and oxygen atoms in total. The van der Waals surface area contributed by atoms with E-state index in [0.717, 1.165) is 67.1 Å². The fourth-order valence-corrected chi connectivity index (χ4v) is 11.9. The molecule has 0 aliphatic carbocycles. The third-order valence-corrected chi connectivity index (χ3v) is 17.6. The second-order valence-corrected chi connectivity index (χ2v) is 22.2. The van der Waals surface area contributed by atoms with Gasteiger partial charge in [0.2, 0.25) is 0 Å². The summed E-state index contributed by atoms with van der Waals surface area (Å²) in [7, 11) is -8.88. The molecular formula is C58H63O10P3+2. The zero-order chi connectivity index (χ0) is 50.9. The van der Waals surface area contributed by atoms with Crippen molar-refractivity contribution in [2.75, 3.05) is 0 Å². The van der Waals surface area contributed by atoms with E-state index in [1.807, 2.05) is 172 Å². The van der Waals surface area contributed by atoms with E-state index in [-0.39, 0.29) is 11.5 Å². The van der Waals surface area contributed by atoms with Crippen molar-refractivity contribution in [2.45, 2.75) is 106 Å². The highest BCUT2D eigenvalue weighted by Gasteiger charge is 2.54. The molecule has 0 spiro atoms. The highest BCUT2D eigenvalue weighted by Crippen LogP contribution is 2.53. The van der Waals surface area contributed by atoms with Crippen molar-refractivity contribution in [2.24, 2.45) is 0 Å². The average Bonchev–Trinajstić information content (AvgIpc) is 3.36. The van der Waals surface area contributed by atoms with Crippen LogP contribution >= 0.6 is 23.9 Å². The van der Waals surface area contributed by atoms with Crippen LogP contribution in [0.1, 0.15) is 86.8 Å². The van der Waals surface area contributed by atoms with Gasteiger partial charge < -0.3 is 23.0 Å². The van der Waals surface area contributed by atoms with Crippen molar-refractivity contribution in [1.82, 2.24) is 0 Å². The Morgan fingerprint density at radius 3 is 0.887 bits per heavy atom. The molecule has 2 atom stereocenters. The number of para-hydroxylation sites is 3. The first-order valence-electron chi connectivity index (χ1n) is 24.0. The number of hydrogen-bond donors (Lipinski definition) is 0. The van der Waals surface area contributed by atoms with Gasteiger partial charge in [0.05, 0.1) is 0 Å². The van der Waals surface area contributed by atoms with Gasteiger partial charge in [-0.1, -0.05) is 131 Å². The Labute approximate surface area is 421 Å². The summed E-state index contributed by atoms with van der Waals surface area (Å²) in [5.74, 6) is 3.33. The van der Waals surface area contributed by atoms with E-state index >= 15 is 0 Å². The van der Waals surface area contributed by atoms with Crippen molar-refractivity contribution in [3.05, 3.63) is 185 Å². The maximum atomic E-state index is 14.7. The Bertz CT molecular complexity index is 2780. The number of phosphoric acid groups is 1. The molecule has 7 aromatic carbocycles. The van der Waals surface area contributed by atoms with Gasteiger partial charge in [-0.25, -0.2) is 0 Å². The van der Waals surface area contributed by atoms with Crippen LogP contribution in [-0.2, 0) is 13.7 Å². The molecule has 0 aromatic heterocycles. The smallest absolute Gasteiger partial charge is 0.441 e. The number of rotatable bonds is 22. The average molecular weight is 1010 g/mol. The maximum Gasteiger partial charge on any atom is 0.647 e. The van der Waals surface area contributed by atoms with Gasteiger partial charge in [0.15, 0.2) is 11.5 Å². The fourth-order valence-electron chi connectivity index (χ4n) is 8.24. The van der Waals surface area contributed by atoms with Crippen LogP contribution < -0.4 is 32.1 Å². The number of benzene rings is 7. The Hall–Kier alpha value is -6.43. The molecule has 0 saturated heterocycles. The minimum Gasteiger partial charge on any atom is -0.441 e. The summed E-state index contributed by atoms with van der Waals surface area (Å²) in [4.78, 5) is 0. The molecule has 0 fully saturated rings. The van der Waals surface area contributed by atoms with Gasteiger partial charge in [-0.2, -0.15) is 4.57 Å². The lowest BCUT2D eigenvalue weighted by atomic mass is 10.1. The van der Waals surface area contributed by atoms with Gasteiger partial charge in [0, 0.05) is 25.7 Å². The summed E-state index contributed by atoms with van der Waals surface area (Å²) in [6, 6.07) is 46.5. The molecular weight excluding hydrogens is 950 g/mol. The SMILES string of the molecule is CCC(CC)(Oc1c(C)cccc1C)[P+](=O)Oc1ccc(-c2ccc(OP(=O)(Oc3ccc(-c4ccc(O[P+](=O)C(CC)(CC)Oc5c(C)cccc5C)cc4)cc3)Oc3c(C)cccc3C)cc2)cc1. The molecule has 0 amide bonds. The fraction of sp³-hybridized carbons (Fsp3) is 0.276. The van der Waals surface area contributed by atoms with E-state index in [9.17, 15) is 13.7 Å². The van der Waals surface area contributed by atoms with Crippen LogP contribution in [-0.4, -0.2) is 10.7 Å². The zero-order valence-electron chi connectivity index (χ0n) is 42.2. The quantitative estimate of drug-likeness (QED) is 0.0608. The topological polar surface area (TPSA) is 116 Å². The number of aryl methyl sites for hydroxylation is 6. The molecule has 0 saturated carbocycles. The standard InChI is InChI=1S/C58H63O10P3/c1-11-57(12-2,62-54-40(5)18-15-19-41(54)6)69(59)64-50-32-24-46(25-33-50)48-28-36-52(37-29-48)66-71(61,68-56-44(9)22-17-23-45(56)10)67-53-38-30-49(31-39-53)47-26-34-51(35-27-47)65-70(60)58(13-3,14-4)63-55-42(7)20-16-21-43(55)8/h15-39H,11-14H2,1-10H3/q+2. The zero-order valence-corrected chi connectivity index (χ0v) is 44.9. The third kappa shape index (κ3) is 12.2. The van der Waals surface area contributed by atoms with E-state index in [1.54, 1.807) is 48.5 Å². The summed E-state index contributed by atoms with van der Waals surface area (Å²) >= 11 is 0. The molecule has 0 bridgehead atoms. The minimum atomic E-state index is -4.36. The first-order valence-corrected chi connectivity index (χ1v) is 27.8. The molecule has 71 heavy (non-hydrogen) atoms. The summed E-state index contributed by atoms with van der Waals surface area (Å²) in [6.45, 7) is 19.5. The van der Waals surface area contributed by atoms with Gasteiger partial charge >= 0.3 is 34.6 Å². The molecule has 0 N–H and O–H groups in total. The van der Waals surface area contributed by atoms with Crippen LogP contribution in [0.15, 0.2) is 152 Å². The van der Waals surface area contributed by atoms with Gasteiger partial charge in [0.1, 0.15) is 28.7 Å². The van der Waals surface area contributed by atoms with Crippen LogP contribution in [0.3, 0.4) is 0 Å². The molecule has 2 unspecified atom stereocenters. The molecule has 7 rings (SSSR count). The van der Waals surface area contributed by atoms with Gasteiger partial charge in [-0.3, -0.25) is 9.05 Å². The van der Waals surface area contributed by atoms with Crippen LogP contribution in [0.2, 0.25) is 0 Å². The largest absolute Gasteiger partial charge is 0.647 e. The predicted octanol–water partition coefficient (Wildman–Crippen LogP) is 17.9. The monoisotopic (exact) mass is 1010 g/mol. The van der Waals surface area contributed by atoms with Crippen LogP contribution in [0.25, 0.3) is 22.3 Å². The lowest BCUT2D eigenvalue weighted by Crippen LogP contribution is -2.32. The van der Waals surface area contributed by atoms with E-state index in [1.165, 1.54) is 0 Å². The summed E-state index contributed by atoms with van der Waals surface area (Å²) < 4.78 is 85.9.